The Kier molecular flexibility index (Phi) is 7.49. The van der Waals surface area contributed by atoms with E-state index in [9.17, 15) is 18.0 Å². The summed E-state index contributed by atoms with van der Waals surface area (Å²) in [5.74, 6) is -0.00224. The molecule has 0 saturated heterocycles. The lowest BCUT2D eigenvalue weighted by atomic mass is 10.0. The van der Waals surface area contributed by atoms with Crippen molar-refractivity contribution in [2.75, 3.05) is 10.6 Å². The van der Waals surface area contributed by atoms with Crippen molar-refractivity contribution in [3.05, 3.63) is 89.6 Å². The van der Waals surface area contributed by atoms with Crippen LogP contribution < -0.4 is 10.6 Å². The molecule has 2 unspecified atom stereocenters. The van der Waals surface area contributed by atoms with Crippen molar-refractivity contribution in [2.45, 2.75) is 37.5 Å². The monoisotopic (exact) mass is 450 g/mol. The summed E-state index contributed by atoms with van der Waals surface area (Å²) in [4.78, 5) is 12.3. The van der Waals surface area contributed by atoms with Gasteiger partial charge in [0.05, 0.1) is 0 Å². The summed E-state index contributed by atoms with van der Waals surface area (Å²) in [5, 5.41) is 9.70. The van der Waals surface area contributed by atoms with Crippen molar-refractivity contribution in [3.63, 3.8) is 0 Å². The minimum atomic E-state index is -4.40. The van der Waals surface area contributed by atoms with Gasteiger partial charge in [-0.3, -0.25) is 4.79 Å². The number of rotatable bonds is 3. The van der Waals surface area contributed by atoms with E-state index in [1.54, 1.807) is 30.3 Å². The van der Waals surface area contributed by atoms with Crippen molar-refractivity contribution in [1.29, 1.82) is 0 Å². The SMILES string of the molecule is C=C=C=C=C=C=C=C.O=C(Nc1ccccc1)c1cc2n(n1)C(C(F)(F)F)CC(C1CC1)N2. The Hall–Kier alpha value is -4.09. The Labute approximate surface area is 189 Å². The van der Waals surface area contributed by atoms with E-state index in [4.69, 9.17) is 0 Å². The highest BCUT2D eigenvalue weighted by Crippen LogP contribution is 2.45. The molecule has 0 bridgehead atoms. The average Bonchev–Trinajstić information content (AvgIpc) is 3.55. The highest BCUT2D eigenvalue weighted by Gasteiger charge is 2.49. The first-order valence-electron chi connectivity index (χ1n) is 10.2. The normalized spacial score (nSPS) is 18.2. The lowest BCUT2D eigenvalue weighted by Crippen LogP contribution is -2.40. The van der Waals surface area contributed by atoms with Crippen LogP contribution in [0.2, 0.25) is 0 Å². The Morgan fingerprint density at radius 3 is 2.27 bits per heavy atom. The van der Waals surface area contributed by atoms with Gasteiger partial charge in [-0.15, -0.1) is 0 Å². The van der Waals surface area contributed by atoms with Gasteiger partial charge in [-0.05, 0) is 73.4 Å². The molecule has 1 aliphatic carbocycles. The average molecular weight is 450 g/mol. The maximum Gasteiger partial charge on any atom is 0.410 e. The van der Waals surface area contributed by atoms with Crippen LogP contribution >= 0.6 is 0 Å². The molecular weight excluding hydrogens is 429 g/mol. The van der Waals surface area contributed by atoms with E-state index < -0.39 is 18.1 Å². The predicted molar refractivity (Wildman–Crippen MR) is 119 cm³/mol. The fourth-order valence-electron chi connectivity index (χ4n) is 3.39. The fourth-order valence-corrected chi connectivity index (χ4v) is 3.39. The van der Waals surface area contributed by atoms with Crippen molar-refractivity contribution < 1.29 is 18.0 Å². The van der Waals surface area contributed by atoms with Gasteiger partial charge in [0.25, 0.3) is 5.91 Å². The molecular formula is C25H21F3N4O. The molecule has 2 aromatic rings. The zero-order valence-corrected chi connectivity index (χ0v) is 17.7. The molecule has 1 aliphatic heterocycles. The van der Waals surface area contributed by atoms with Crippen molar-refractivity contribution in [3.8, 4) is 0 Å². The lowest BCUT2D eigenvalue weighted by Gasteiger charge is -2.33. The van der Waals surface area contributed by atoms with Crippen molar-refractivity contribution >= 4 is 17.4 Å². The van der Waals surface area contributed by atoms with Gasteiger partial charge < -0.3 is 10.6 Å². The molecule has 1 amide bonds. The van der Waals surface area contributed by atoms with Crippen LogP contribution in [0.4, 0.5) is 24.7 Å². The van der Waals surface area contributed by atoms with Crippen LogP contribution in [0.15, 0.2) is 83.9 Å². The van der Waals surface area contributed by atoms with Crippen LogP contribution in [0, 0.1) is 5.92 Å². The number of nitrogens with one attached hydrogen (secondary N) is 2. The number of carbonyl (C=O) groups is 1. The van der Waals surface area contributed by atoms with E-state index in [0.717, 1.165) is 17.5 Å². The maximum absolute atomic E-state index is 13.4. The van der Waals surface area contributed by atoms with Crippen LogP contribution in [-0.2, 0) is 0 Å². The van der Waals surface area contributed by atoms with Gasteiger partial charge in [0.2, 0.25) is 0 Å². The second-order valence-corrected chi connectivity index (χ2v) is 7.41. The predicted octanol–water partition coefficient (Wildman–Crippen LogP) is 5.57. The van der Waals surface area contributed by atoms with Gasteiger partial charge in [0.1, 0.15) is 5.82 Å². The van der Waals surface area contributed by atoms with Gasteiger partial charge >= 0.3 is 6.18 Å². The number of amides is 1. The zero-order chi connectivity index (χ0) is 23.8. The molecule has 0 radical (unpaired) electrons. The van der Waals surface area contributed by atoms with E-state index in [-0.39, 0.29) is 29.9 Å². The number of hydrogen-bond acceptors (Lipinski definition) is 3. The quantitative estimate of drug-likeness (QED) is 0.602. The molecule has 2 heterocycles. The Morgan fingerprint density at radius 2 is 1.73 bits per heavy atom. The summed E-state index contributed by atoms with van der Waals surface area (Å²) >= 11 is 0. The molecule has 1 saturated carbocycles. The molecule has 1 fully saturated rings. The van der Waals surface area contributed by atoms with Crippen LogP contribution in [0.3, 0.4) is 0 Å². The van der Waals surface area contributed by atoms with Crippen LogP contribution in [0.5, 0.6) is 0 Å². The number of nitrogens with zero attached hydrogens (tertiary/aromatic N) is 2. The second-order valence-electron chi connectivity index (χ2n) is 7.41. The molecule has 5 nitrogen and oxygen atoms in total. The summed E-state index contributed by atoms with van der Waals surface area (Å²) in [6.45, 7) is 6.51. The number of alkyl halides is 3. The topological polar surface area (TPSA) is 59.0 Å². The molecule has 4 rings (SSSR count). The van der Waals surface area contributed by atoms with Gasteiger partial charge in [-0.2, -0.15) is 18.3 Å². The highest BCUT2D eigenvalue weighted by atomic mass is 19.4. The van der Waals surface area contributed by atoms with E-state index in [1.165, 1.54) is 6.07 Å². The largest absolute Gasteiger partial charge is 0.410 e. The highest BCUT2D eigenvalue weighted by molar-refractivity contribution is 6.03. The van der Waals surface area contributed by atoms with Crippen LogP contribution in [0.1, 0.15) is 35.8 Å². The van der Waals surface area contributed by atoms with Crippen LogP contribution in [0.25, 0.3) is 0 Å². The minimum absolute atomic E-state index is 0.0305. The summed E-state index contributed by atoms with van der Waals surface area (Å²) in [7, 11) is 0. The molecule has 0 spiro atoms. The minimum Gasteiger partial charge on any atom is -0.367 e. The Bertz CT molecular complexity index is 1190. The molecule has 168 valence electrons. The standard InChI is InChI=1S/C17H17F3N4O.C8H4/c18-17(19,20)14-8-12(10-6-7-10)22-15-9-13(23-24(14)15)16(25)21-11-4-2-1-3-5-11;1-3-5-7-8-6-4-2/h1-5,9-10,12,14,22H,6-8H2,(H,21,25);1-2H2. The summed E-state index contributed by atoms with van der Waals surface area (Å²) < 4.78 is 41.2. The maximum atomic E-state index is 13.4. The number of halogens is 3. The summed E-state index contributed by atoms with van der Waals surface area (Å²) in [5.41, 5.74) is 15.0. The third-order valence-electron chi connectivity index (χ3n) is 5.04. The summed E-state index contributed by atoms with van der Waals surface area (Å²) in [6.07, 6.45) is -2.57. The zero-order valence-electron chi connectivity index (χ0n) is 17.7. The first kappa shape index (κ1) is 23.6. The fraction of sp³-hybridized carbons (Fsp3) is 0.280. The number of fused-ring (bicyclic) bond motifs is 1. The third kappa shape index (κ3) is 6.45. The number of aromatic nitrogens is 2. The lowest BCUT2D eigenvalue weighted by molar-refractivity contribution is -0.174. The molecule has 33 heavy (non-hydrogen) atoms. The first-order chi connectivity index (χ1) is 15.8. The second kappa shape index (κ2) is 10.5. The van der Waals surface area contributed by atoms with E-state index in [0.29, 0.717) is 5.69 Å². The smallest absolute Gasteiger partial charge is 0.367 e. The number of benzene rings is 1. The van der Waals surface area contributed by atoms with Crippen LogP contribution in [-0.4, -0.2) is 27.9 Å². The third-order valence-corrected chi connectivity index (χ3v) is 5.04. The molecule has 2 atom stereocenters. The van der Waals surface area contributed by atoms with Gasteiger partial charge in [0.15, 0.2) is 11.7 Å². The van der Waals surface area contributed by atoms with E-state index >= 15 is 0 Å². The van der Waals surface area contributed by atoms with Gasteiger partial charge in [-0.25, -0.2) is 4.68 Å². The van der Waals surface area contributed by atoms with Gasteiger partial charge in [-0.1, -0.05) is 29.7 Å². The van der Waals surface area contributed by atoms with Crippen molar-refractivity contribution in [1.82, 2.24) is 9.78 Å². The molecule has 2 N–H and O–H groups in total. The van der Waals surface area contributed by atoms with Gasteiger partial charge in [0, 0.05) is 17.8 Å². The molecule has 1 aromatic heterocycles. The Balaban J connectivity index is 0.000000331. The van der Waals surface area contributed by atoms with Crippen molar-refractivity contribution in [2.24, 2.45) is 5.92 Å². The molecule has 2 aliphatic rings. The summed E-state index contributed by atoms with van der Waals surface area (Å²) in [6, 6.07) is 8.20. The molecule has 1 aromatic carbocycles. The van der Waals surface area contributed by atoms with E-state index in [2.05, 4.69) is 63.3 Å². The number of anilines is 2. The number of para-hydroxylation sites is 1. The first-order valence-corrected chi connectivity index (χ1v) is 10.2. The van der Waals surface area contributed by atoms with E-state index in [1.807, 2.05) is 0 Å². The number of carbonyl (C=O) groups excluding carboxylic acids is 1. The molecule has 8 heteroatoms. The Morgan fingerprint density at radius 1 is 1.09 bits per heavy atom. The number of hydrogen-bond donors (Lipinski definition) is 2.